The number of hydrogen-bond acceptors (Lipinski definition) is 3. The monoisotopic (exact) mass is 382 g/mol. The number of para-hydroxylation sites is 1. The third kappa shape index (κ3) is 3.16. The Morgan fingerprint density at radius 3 is 2.69 bits per heavy atom. The first-order chi connectivity index (χ1) is 14.3. The van der Waals surface area contributed by atoms with E-state index in [1.54, 1.807) is 0 Å². The molecule has 3 nitrogen and oxygen atoms in total. The molecule has 1 aliphatic rings. The van der Waals surface area contributed by atoms with Crippen molar-refractivity contribution in [2.45, 2.75) is 26.3 Å². The molecule has 0 N–H and O–H groups in total. The van der Waals surface area contributed by atoms with E-state index in [4.69, 9.17) is 9.72 Å². The number of rotatable bonds is 4. The summed E-state index contributed by atoms with van der Waals surface area (Å²) in [7, 11) is 2.19. The Labute approximate surface area is 171 Å². The third-order valence-corrected chi connectivity index (χ3v) is 5.87. The van der Waals surface area contributed by atoms with E-state index in [1.165, 1.54) is 27.3 Å². The van der Waals surface area contributed by atoms with Crippen LogP contribution >= 0.6 is 0 Å². The van der Waals surface area contributed by atoms with Gasteiger partial charge in [-0.05, 0) is 60.0 Å². The second kappa shape index (κ2) is 7.49. The van der Waals surface area contributed by atoms with Crippen LogP contribution in [0.1, 0.15) is 24.5 Å². The van der Waals surface area contributed by atoms with Crippen LogP contribution in [0.2, 0.25) is 0 Å². The van der Waals surface area contributed by atoms with Gasteiger partial charge in [-0.25, -0.2) is 4.98 Å². The Morgan fingerprint density at radius 2 is 1.79 bits per heavy atom. The minimum atomic E-state index is 0.720. The summed E-state index contributed by atoms with van der Waals surface area (Å²) in [5, 5.41) is 3.91. The van der Waals surface area contributed by atoms with Crippen LogP contribution in [-0.4, -0.2) is 30.1 Å². The van der Waals surface area contributed by atoms with Crippen LogP contribution in [0.4, 0.5) is 0 Å². The van der Waals surface area contributed by atoms with Crippen LogP contribution in [0.15, 0.2) is 60.7 Å². The third-order valence-electron chi connectivity index (χ3n) is 5.87. The fraction of sp³-hybridized carbons (Fsp3) is 0.269. The highest BCUT2D eigenvalue weighted by Crippen LogP contribution is 2.39. The highest BCUT2D eigenvalue weighted by molar-refractivity contribution is 6.09. The second-order valence-corrected chi connectivity index (χ2v) is 7.93. The molecule has 3 aromatic carbocycles. The minimum absolute atomic E-state index is 0.720. The summed E-state index contributed by atoms with van der Waals surface area (Å²) in [4.78, 5) is 7.59. The summed E-state index contributed by atoms with van der Waals surface area (Å²) in [6, 6.07) is 21.4. The molecule has 0 atom stereocenters. The highest BCUT2D eigenvalue weighted by atomic mass is 16.5. The van der Waals surface area contributed by atoms with Gasteiger partial charge in [-0.1, -0.05) is 49.4 Å². The summed E-state index contributed by atoms with van der Waals surface area (Å²) in [5.41, 5.74) is 6.04. The van der Waals surface area contributed by atoms with Crippen LogP contribution < -0.4 is 4.74 Å². The molecule has 0 aliphatic carbocycles. The smallest absolute Gasteiger partial charge is 0.128 e. The van der Waals surface area contributed by atoms with Crippen molar-refractivity contribution in [3.05, 3.63) is 71.8 Å². The van der Waals surface area contributed by atoms with E-state index in [9.17, 15) is 0 Å². The maximum Gasteiger partial charge on any atom is 0.128 e. The molecule has 4 aromatic rings. The van der Waals surface area contributed by atoms with E-state index in [0.717, 1.165) is 55.1 Å². The Bertz CT molecular complexity index is 1200. The van der Waals surface area contributed by atoms with Crippen LogP contribution in [0, 0.1) is 0 Å². The number of benzene rings is 3. The van der Waals surface area contributed by atoms with Crippen molar-refractivity contribution in [3.63, 3.8) is 0 Å². The van der Waals surface area contributed by atoms with Gasteiger partial charge in [0.05, 0.1) is 17.8 Å². The van der Waals surface area contributed by atoms with Crippen LogP contribution in [-0.2, 0) is 13.0 Å². The Balaban J connectivity index is 1.82. The molecule has 1 aliphatic heterocycles. The van der Waals surface area contributed by atoms with Gasteiger partial charge >= 0.3 is 0 Å². The Kier molecular flexibility index (Phi) is 4.69. The second-order valence-electron chi connectivity index (χ2n) is 7.93. The summed E-state index contributed by atoms with van der Waals surface area (Å²) in [5.74, 6) is 0.928. The summed E-state index contributed by atoms with van der Waals surface area (Å²) in [6.07, 6.45) is 2.04. The summed E-state index contributed by atoms with van der Waals surface area (Å²) in [6.45, 7) is 4.85. The molecular formula is C26H26N2O. The van der Waals surface area contributed by atoms with Gasteiger partial charge < -0.3 is 9.64 Å². The number of aromatic nitrogens is 1. The minimum Gasteiger partial charge on any atom is -0.493 e. The number of fused-ring (bicyclic) bond motifs is 5. The van der Waals surface area contributed by atoms with Crippen molar-refractivity contribution in [2.24, 2.45) is 0 Å². The number of hydrogen-bond donors (Lipinski definition) is 0. The highest BCUT2D eigenvalue weighted by Gasteiger charge is 2.24. The van der Waals surface area contributed by atoms with Gasteiger partial charge in [0.15, 0.2) is 0 Å². The van der Waals surface area contributed by atoms with E-state index in [0.29, 0.717) is 0 Å². The van der Waals surface area contributed by atoms with Crippen LogP contribution in [0.25, 0.3) is 32.9 Å². The van der Waals surface area contributed by atoms with E-state index in [-0.39, 0.29) is 0 Å². The van der Waals surface area contributed by atoms with Gasteiger partial charge in [-0.15, -0.1) is 0 Å². The first-order valence-corrected chi connectivity index (χ1v) is 10.5. The standard InChI is InChI=1S/C26H26N2O/c1-3-16-29-24-11-7-6-10-21(24)26-22-17-28(2)15-14-20(22)25-19-9-5-4-8-18(19)12-13-23(25)27-26/h4-13H,3,14-17H2,1-2H3. The number of pyridine rings is 1. The average Bonchev–Trinajstić information content (AvgIpc) is 2.77. The van der Waals surface area contributed by atoms with Crippen LogP contribution in [0.5, 0.6) is 5.75 Å². The van der Waals surface area contributed by atoms with Gasteiger partial charge in [-0.2, -0.15) is 0 Å². The molecule has 0 radical (unpaired) electrons. The van der Waals surface area contributed by atoms with Crippen molar-refractivity contribution < 1.29 is 4.74 Å². The molecule has 146 valence electrons. The maximum atomic E-state index is 6.09. The molecule has 5 rings (SSSR count). The lowest BCUT2D eigenvalue weighted by Crippen LogP contribution is -2.27. The largest absolute Gasteiger partial charge is 0.493 e. The normalized spacial score (nSPS) is 14.3. The van der Waals surface area contributed by atoms with Crippen molar-refractivity contribution in [1.29, 1.82) is 0 Å². The number of nitrogens with zero attached hydrogens (tertiary/aromatic N) is 2. The van der Waals surface area contributed by atoms with E-state index >= 15 is 0 Å². The number of ether oxygens (including phenoxy) is 1. The molecule has 0 saturated heterocycles. The molecular weight excluding hydrogens is 356 g/mol. The SMILES string of the molecule is CCCOc1ccccc1-c1nc2ccc3ccccc3c2c2c1CN(C)CC2. The molecule has 1 aromatic heterocycles. The molecule has 0 saturated carbocycles. The summed E-state index contributed by atoms with van der Waals surface area (Å²) >= 11 is 0. The fourth-order valence-corrected chi connectivity index (χ4v) is 4.47. The zero-order valence-corrected chi connectivity index (χ0v) is 17.1. The van der Waals surface area contributed by atoms with Crippen molar-refractivity contribution in [2.75, 3.05) is 20.2 Å². The molecule has 0 spiro atoms. The molecule has 29 heavy (non-hydrogen) atoms. The molecule has 2 heterocycles. The zero-order chi connectivity index (χ0) is 19.8. The first kappa shape index (κ1) is 18.1. The van der Waals surface area contributed by atoms with Crippen LogP contribution in [0.3, 0.4) is 0 Å². The van der Waals surface area contributed by atoms with Gasteiger partial charge in [0.25, 0.3) is 0 Å². The van der Waals surface area contributed by atoms with Gasteiger partial charge in [0, 0.05) is 24.0 Å². The molecule has 0 amide bonds. The molecule has 0 bridgehead atoms. The molecule has 3 heteroatoms. The van der Waals surface area contributed by atoms with Crippen molar-refractivity contribution in [3.8, 4) is 17.0 Å². The van der Waals surface area contributed by atoms with Crippen molar-refractivity contribution >= 4 is 21.7 Å². The topological polar surface area (TPSA) is 25.4 Å². The Morgan fingerprint density at radius 1 is 0.966 bits per heavy atom. The quantitative estimate of drug-likeness (QED) is 0.415. The first-order valence-electron chi connectivity index (χ1n) is 10.5. The van der Waals surface area contributed by atoms with E-state index < -0.39 is 0 Å². The van der Waals surface area contributed by atoms with Gasteiger partial charge in [-0.3, -0.25) is 0 Å². The fourth-order valence-electron chi connectivity index (χ4n) is 4.47. The Hall–Kier alpha value is -2.91. The maximum absolute atomic E-state index is 6.09. The van der Waals surface area contributed by atoms with E-state index in [2.05, 4.69) is 73.5 Å². The zero-order valence-electron chi connectivity index (χ0n) is 17.1. The number of likely N-dealkylation sites (N-methyl/N-ethyl adjacent to an activating group) is 1. The average molecular weight is 383 g/mol. The molecule has 0 fully saturated rings. The summed E-state index contributed by atoms with van der Waals surface area (Å²) < 4.78 is 6.09. The van der Waals surface area contributed by atoms with Crippen molar-refractivity contribution in [1.82, 2.24) is 9.88 Å². The predicted molar refractivity (Wildman–Crippen MR) is 121 cm³/mol. The van der Waals surface area contributed by atoms with E-state index in [1.807, 2.05) is 6.07 Å². The van der Waals surface area contributed by atoms with Gasteiger partial charge in [0.2, 0.25) is 0 Å². The molecule has 0 unspecified atom stereocenters. The lowest BCUT2D eigenvalue weighted by Gasteiger charge is -2.29. The lowest BCUT2D eigenvalue weighted by atomic mass is 9.89. The lowest BCUT2D eigenvalue weighted by molar-refractivity contribution is 0.312. The predicted octanol–water partition coefficient (Wildman–Crippen LogP) is 5.83. The van der Waals surface area contributed by atoms with Gasteiger partial charge in [0.1, 0.15) is 5.75 Å².